The quantitative estimate of drug-likeness (QED) is 0.849. The Morgan fingerprint density at radius 3 is 2.91 bits per heavy atom. The van der Waals surface area contributed by atoms with Gasteiger partial charge in [0, 0.05) is 37.7 Å². The second-order valence-electron chi connectivity index (χ2n) is 5.30. The lowest BCUT2D eigenvalue weighted by Crippen LogP contribution is -2.35. The van der Waals surface area contributed by atoms with Gasteiger partial charge in [-0.1, -0.05) is 25.5 Å². The Morgan fingerprint density at radius 1 is 1.36 bits per heavy atom. The van der Waals surface area contributed by atoms with Crippen molar-refractivity contribution in [3.8, 4) is 0 Å². The molecule has 0 aliphatic heterocycles. The number of nitrogens with zero attached hydrogens (tertiary/aromatic N) is 3. The van der Waals surface area contributed by atoms with Crippen molar-refractivity contribution in [1.82, 2.24) is 14.5 Å². The molecule has 1 heterocycles. The first-order valence-corrected chi connectivity index (χ1v) is 7.83. The minimum Gasteiger partial charge on any atom is -0.333 e. The highest BCUT2D eigenvalue weighted by atomic mass is 16.2. The van der Waals surface area contributed by atoms with Gasteiger partial charge in [0.05, 0.1) is 6.33 Å². The number of rotatable bonds is 7. The van der Waals surface area contributed by atoms with E-state index in [4.69, 9.17) is 0 Å². The first-order valence-electron chi connectivity index (χ1n) is 7.83. The molecule has 0 unspecified atom stereocenters. The number of hydrogen-bond acceptors (Lipinski definition) is 2. The van der Waals surface area contributed by atoms with E-state index in [1.807, 2.05) is 46.9 Å². The summed E-state index contributed by atoms with van der Waals surface area (Å²) in [4.78, 5) is 18.2. The molecule has 0 atom stereocenters. The molecule has 0 radical (unpaired) electrons. The normalized spacial score (nSPS) is 10.5. The van der Waals surface area contributed by atoms with Crippen molar-refractivity contribution in [2.24, 2.45) is 0 Å². The number of unbranched alkanes of at least 4 members (excludes halogenated alkanes) is 1. The number of hydrogen-bond donors (Lipinski definition) is 1. The molecule has 0 saturated heterocycles. The zero-order valence-corrected chi connectivity index (χ0v) is 13.3. The Hall–Kier alpha value is -2.30. The van der Waals surface area contributed by atoms with E-state index in [0.29, 0.717) is 0 Å². The second-order valence-corrected chi connectivity index (χ2v) is 5.30. The van der Waals surface area contributed by atoms with Gasteiger partial charge in [-0.3, -0.25) is 0 Å². The Morgan fingerprint density at radius 2 is 2.23 bits per heavy atom. The van der Waals surface area contributed by atoms with E-state index in [2.05, 4.69) is 17.2 Å². The zero-order chi connectivity index (χ0) is 15.8. The maximum atomic E-state index is 12.3. The van der Waals surface area contributed by atoms with Crippen LogP contribution in [0.5, 0.6) is 0 Å². The fraction of sp³-hybridized carbons (Fsp3) is 0.412. The van der Waals surface area contributed by atoms with Crippen LogP contribution in [0, 0.1) is 0 Å². The van der Waals surface area contributed by atoms with E-state index >= 15 is 0 Å². The summed E-state index contributed by atoms with van der Waals surface area (Å²) in [5.41, 5.74) is 1.96. The van der Waals surface area contributed by atoms with Crippen LogP contribution in [0.15, 0.2) is 43.0 Å². The predicted molar refractivity (Wildman–Crippen MR) is 88.9 cm³/mol. The number of anilines is 1. The van der Waals surface area contributed by atoms with E-state index in [0.717, 1.165) is 43.7 Å². The summed E-state index contributed by atoms with van der Waals surface area (Å²) in [7, 11) is 0. The summed E-state index contributed by atoms with van der Waals surface area (Å²) in [5, 5.41) is 2.98. The molecule has 2 rings (SSSR count). The molecule has 2 aromatic rings. The van der Waals surface area contributed by atoms with Gasteiger partial charge in [0.25, 0.3) is 0 Å². The van der Waals surface area contributed by atoms with Crippen LogP contribution in [0.2, 0.25) is 0 Å². The molecule has 22 heavy (non-hydrogen) atoms. The van der Waals surface area contributed by atoms with Gasteiger partial charge in [-0.15, -0.1) is 0 Å². The zero-order valence-electron chi connectivity index (χ0n) is 13.3. The van der Waals surface area contributed by atoms with E-state index < -0.39 is 0 Å². The van der Waals surface area contributed by atoms with Crippen LogP contribution in [-0.4, -0.2) is 33.6 Å². The van der Waals surface area contributed by atoms with Crippen LogP contribution in [0.1, 0.15) is 32.3 Å². The van der Waals surface area contributed by atoms with E-state index in [1.54, 1.807) is 12.5 Å². The first-order chi connectivity index (χ1) is 10.7. The van der Waals surface area contributed by atoms with Gasteiger partial charge in [0.1, 0.15) is 0 Å². The number of nitrogens with one attached hydrogen (secondary N) is 1. The minimum atomic E-state index is -0.0317. The third kappa shape index (κ3) is 4.62. The molecule has 118 valence electrons. The average molecular weight is 300 g/mol. The van der Waals surface area contributed by atoms with Crippen LogP contribution in [-0.2, 0) is 6.54 Å². The molecular formula is C17H24N4O. The van der Waals surface area contributed by atoms with Gasteiger partial charge < -0.3 is 14.8 Å². The maximum Gasteiger partial charge on any atom is 0.321 e. The van der Waals surface area contributed by atoms with Crippen LogP contribution >= 0.6 is 0 Å². The SMILES string of the molecule is CCCCN(CC)C(=O)Nc1cccc(Cn2ccnc2)c1. The lowest BCUT2D eigenvalue weighted by atomic mass is 10.2. The summed E-state index contributed by atoms with van der Waals surface area (Å²) in [5.74, 6) is 0. The highest BCUT2D eigenvalue weighted by Gasteiger charge is 2.11. The maximum absolute atomic E-state index is 12.3. The Bertz CT molecular complexity index is 580. The van der Waals surface area contributed by atoms with Gasteiger partial charge in [0.15, 0.2) is 0 Å². The van der Waals surface area contributed by atoms with Crippen LogP contribution in [0.3, 0.4) is 0 Å². The summed E-state index contributed by atoms with van der Waals surface area (Å²) in [6.07, 6.45) is 7.59. The molecule has 1 aromatic heterocycles. The van der Waals surface area contributed by atoms with E-state index in [9.17, 15) is 4.79 Å². The predicted octanol–water partition coefficient (Wildman–Crippen LogP) is 3.59. The Balaban J connectivity index is 1.98. The summed E-state index contributed by atoms with van der Waals surface area (Å²) in [6.45, 7) is 6.40. The van der Waals surface area contributed by atoms with Gasteiger partial charge in [0.2, 0.25) is 0 Å². The minimum absolute atomic E-state index is 0.0317. The summed E-state index contributed by atoms with van der Waals surface area (Å²) in [6, 6.07) is 7.90. The van der Waals surface area contributed by atoms with Crippen molar-refractivity contribution < 1.29 is 4.79 Å². The number of carbonyl (C=O) groups is 1. The molecule has 0 bridgehead atoms. The van der Waals surface area contributed by atoms with Gasteiger partial charge >= 0.3 is 6.03 Å². The fourth-order valence-electron chi connectivity index (χ4n) is 2.29. The van der Waals surface area contributed by atoms with Crippen LogP contribution in [0.25, 0.3) is 0 Å². The highest BCUT2D eigenvalue weighted by Crippen LogP contribution is 2.13. The Kier molecular flexibility index (Phi) is 6.01. The molecule has 0 aliphatic carbocycles. The van der Waals surface area contributed by atoms with Crippen molar-refractivity contribution in [1.29, 1.82) is 0 Å². The topological polar surface area (TPSA) is 50.2 Å². The third-order valence-electron chi connectivity index (χ3n) is 3.55. The van der Waals surface area contributed by atoms with Crippen molar-refractivity contribution in [2.45, 2.75) is 33.2 Å². The number of urea groups is 1. The fourth-order valence-corrected chi connectivity index (χ4v) is 2.29. The molecule has 5 heteroatoms. The average Bonchev–Trinajstić information content (AvgIpc) is 3.01. The second kappa shape index (κ2) is 8.22. The standard InChI is InChI=1S/C17H24N4O/c1-3-5-10-21(4-2)17(22)19-16-8-6-7-15(12-16)13-20-11-9-18-14-20/h6-9,11-12,14H,3-5,10,13H2,1-2H3,(H,19,22). The van der Waals surface area contributed by atoms with Crippen LogP contribution in [0.4, 0.5) is 10.5 Å². The van der Waals surface area contributed by atoms with E-state index in [-0.39, 0.29) is 6.03 Å². The van der Waals surface area contributed by atoms with Crippen molar-refractivity contribution >= 4 is 11.7 Å². The number of benzene rings is 1. The molecule has 0 aliphatic rings. The number of imidazole rings is 1. The highest BCUT2D eigenvalue weighted by molar-refractivity contribution is 5.89. The molecule has 1 aromatic carbocycles. The molecule has 2 amide bonds. The number of amides is 2. The van der Waals surface area contributed by atoms with Gasteiger partial charge in [-0.05, 0) is 31.0 Å². The van der Waals surface area contributed by atoms with Gasteiger partial charge in [-0.2, -0.15) is 0 Å². The smallest absolute Gasteiger partial charge is 0.321 e. The number of carbonyl (C=O) groups excluding carboxylic acids is 1. The molecule has 0 spiro atoms. The van der Waals surface area contributed by atoms with Crippen molar-refractivity contribution in [3.05, 3.63) is 48.5 Å². The molecule has 0 fully saturated rings. The molecule has 0 saturated carbocycles. The lowest BCUT2D eigenvalue weighted by Gasteiger charge is -2.21. The van der Waals surface area contributed by atoms with Gasteiger partial charge in [-0.25, -0.2) is 9.78 Å². The third-order valence-corrected chi connectivity index (χ3v) is 3.55. The van der Waals surface area contributed by atoms with Crippen LogP contribution < -0.4 is 5.32 Å². The Labute approximate surface area is 132 Å². The first kappa shape index (κ1) is 16.1. The molecule has 5 nitrogen and oxygen atoms in total. The largest absolute Gasteiger partial charge is 0.333 e. The van der Waals surface area contributed by atoms with Crippen molar-refractivity contribution in [3.63, 3.8) is 0 Å². The number of aromatic nitrogens is 2. The molecular weight excluding hydrogens is 276 g/mol. The molecule has 1 N–H and O–H groups in total. The lowest BCUT2D eigenvalue weighted by molar-refractivity contribution is 0.213. The van der Waals surface area contributed by atoms with Crippen molar-refractivity contribution in [2.75, 3.05) is 18.4 Å². The van der Waals surface area contributed by atoms with E-state index in [1.165, 1.54) is 0 Å². The monoisotopic (exact) mass is 300 g/mol. The summed E-state index contributed by atoms with van der Waals surface area (Å²) >= 11 is 0. The summed E-state index contributed by atoms with van der Waals surface area (Å²) < 4.78 is 2.00.